The number of nitrogens with two attached hydrogens (primary N) is 1. The molecule has 0 unspecified atom stereocenters. The highest BCUT2D eigenvalue weighted by Crippen LogP contribution is 2.14. The molecule has 0 radical (unpaired) electrons. The molecule has 0 aliphatic heterocycles. The van der Waals surface area contributed by atoms with E-state index in [0.717, 1.165) is 17.4 Å². The van der Waals surface area contributed by atoms with Gasteiger partial charge in [0.15, 0.2) is 0 Å². The number of hydrogen-bond donors (Lipinski definition) is 1. The Hall–Kier alpha value is -0.0800. The smallest absolute Gasteiger partial charge is 0.0794 e. The predicted octanol–water partition coefficient (Wildman–Crippen LogP) is 6.67. The molecule has 0 spiro atoms. The van der Waals surface area contributed by atoms with E-state index in [2.05, 4.69) is 21.0 Å². The minimum Gasteiger partial charge on any atom is -0.330 e. The van der Waals surface area contributed by atoms with E-state index in [-0.39, 0.29) is 0 Å². The van der Waals surface area contributed by atoms with E-state index in [4.69, 9.17) is 5.73 Å². The molecule has 0 atom stereocenters. The summed E-state index contributed by atoms with van der Waals surface area (Å²) in [5.41, 5.74) is 5.62. The zero-order chi connectivity index (χ0) is 18.6. The molecule has 0 amide bonds. The van der Waals surface area contributed by atoms with Gasteiger partial charge in [-0.15, -0.1) is 0 Å². The van der Waals surface area contributed by atoms with E-state index in [9.17, 15) is 0 Å². The zero-order valence-electron chi connectivity index (χ0n) is 18.2. The van der Waals surface area contributed by atoms with Crippen LogP contribution < -0.4 is 5.73 Å². The van der Waals surface area contributed by atoms with Crippen molar-refractivity contribution in [3.63, 3.8) is 0 Å². The first-order valence-electron chi connectivity index (χ1n) is 11.6. The highest BCUT2D eigenvalue weighted by molar-refractivity contribution is 4.50. The summed E-state index contributed by atoms with van der Waals surface area (Å²) in [6.07, 6.45) is 24.4. The number of unbranched alkanes of at least 4 members (excludes halogenated alkanes) is 15. The molecule has 2 nitrogen and oxygen atoms in total. The van der Waals surface area contributed by atoms with Crippen LogP contribution in [0.5, 0.6) is 0 Å². The van der Waals surface area contributed by atoms with Gasteiger partial charge in [0.1, 0.15) is 0 Å². The summed E-state index contributed by atoms with van der Waals surface area (Å²) < 4.78 is 1.15. The summed E-state index contributed by atoms with van der Waals surface area (Å²) in [5.74, 6) is 0. The molecule has 0 aromatic rings. The lowest BCUT2D eigenvalue weighted by molar-refractivity contribution is -0.890. The van der Waals surface area contributed by atoms with Crippen molar-refractivity contribution < 1.29 is 4.48 Å². The largest absolute Gasteiger partial charge is 0.330 e. The summed E-state index contributed by atoms with van der Waals surface area (Å²) in [6, 6.07) is 0. The molecule has 2 N–H and O–H groups in total. The van der Waals surface area contributed by atoms with Gasteiger partial charge < -0.3 is 10.2 Å². The zero-order valence-corrected chi connectivity index (χ0v) is 18.2. The van der Waals surface area contributed by atoms with Crippen LogP contribution in [0.15, 0.2) is 0 Å². The second-order valence-corrected chi connectivity index (χ2v) is 8.83. The predicted molar refractivity (Wildman–Crippen MR) is 115 cm³/mol. The third kappa shape index (κ3) is 20.1. The molecule has 0 rings (SSSR count). The average molecular weight is 356 g/mol. The van der Waals surface area contributed by atoms with Crippen LogP contribution in [-0.4, -0.2) is 38.2 Å². The van der Waals surface area contributed by atoms with Gasteiger partial charge in [-0.2, -0.15) is 0 Å². The monoisotopic (exact) mass is 355 g/mol. The van der Waals surface area contributed by atoms with Crippen molar-refractivity contribution in [3.05, 3.63) is 0 Å². The lowest BCUT2D eigenvalue weighted by Crippen LogP contribution is -2.41. The molecule has 0 aromatic heterocycles. The highest BCUT2D eigenvalue weighted by Gasteiger charge is 2.12. The number of quaternary nitrogens is 1. The van der Waals surface area contributed by atoms with E-state index in [1.54, 1.807) is 0 Å². The van der Waals surface area contributed by atoms with E-state index >= 15 is 0 Å². The Bertz CT molecular complexity index is 250. The Labute approximate surface area is 160 Å². The fraction of sp³-hybridized carbons (Fsp3) is 1.00. The first-order chi connectivity index (χ1) is 12.1. The number of rotatable bonds is 20. The number of hydrogen-bond acceptors (Lipinski definition) is 1. The highest BCUT2D eigenvalue weighted by atomic mass is 15.3. The van der Waals surface area contributed by atoms with Crippen molar-refractivity contribution in [1.29, 1.82) is 0 Å². The summed E-state index contributed by atoms with van der Waals surface area (Å²) in [7, 11) is 4.70. The van der Waals surface area contributed by atoms with Crippen LogP contribution in [0.1, 0.15) is 116 Å². The third-order valence-electron chi connectivity index (χ3n) is 5.58. The van der Waals surface area contributed by atoms with Gasteiger partial charge in [-0.1, -0.05) is 96.8 Å². The van der Waals surface area contributed by atoms with Crippen molar-refractivity contribution in [1.82, 2.24) is 0 Å². The number of nitrogens with zero attached hydrogens (tertiary/aromatic N) is 1. The summed E-state index contributed by atoms with van der Waals surface area (Å²) in [5, 5.41) is 0. The molecular weight excluding hydrogens is 304 g/mol. The molecule has 0 heterocycles. The van der Waals surface area contributed by atoms with E-state index < -0.39 is 0 Å². The minimum atomic E-state index is 0.834. The molecule has 0 saturated carbocycles. The standard InChI is InChI=1S/C23H51N2/c1-4-5-6-7-8-9-10-11-12-13-14-15-16-17-18-19-22-25(2,3)23-20-21-24/h4-24H2,1-3H3/q+1. The first kappa shape index (κ1) is 24.9. The van der Waals surface area contributed by atoms with Gasteiger partial charge >= 0.3 is 0 Å². The Morgan fingerprint density at radius 2 is 0.800 bits per heavy atom. The Morgan fingerprint density at radius 3 is 1.16 bits per heavy atom. The van der Waals surface area contributed by atoms with Crippen LogP contribution in [0.2, 0.25) is 0 Å². The normalized spacial score (nSPS) is 12.0. The molecular formula is C23H51N2+. The maximum atomic E-state index is 5.62. The molecule has 0 aromatic carbocycles. The van der Waals surface area contributed by atoms with Crippen LogP contribution in [0.25, 0.3) is 0 Å². The Kier molecular flexibility index (Phi) is 18.6. The van der Waals surface area contributed by atoms with E-state index in [0.29, 0.717) is 0 Å². The van der Waals surface area contributed by atoms with Crippen molar-refractivity contribution in [3.8, 4) is 0 Å². The summed E-state index contributed by atoms with van der Waals surface area (Å²) >= 11 is 0. The van der Waals surface area contributed by atoms with Gasteiger partial charge in [0.2, 0.25) is 0 Å². The van der Waals surface area contributed by atoms with Crippen LogP contribution in [0.4, 0.5) is 0 Å². The molecule has 2 heteroatoms. The first-order valence-corrected chi connectivity index (χ1v) is 11.6. The molecule has 0 aliphatic rings. The van der Waals surface area contributed by atoms with Gasteiger partial charge in [-0.25, -0.2) is 0 Å². The van der Waals surface area contributed by atoms with E-state index in [1.165, 1.54) is 116 Å². The van der Waals surface area contributed by atoms with Gasteiger partial charge in [-0.3, -0.25) is 0 Å². The molecule has 0 saturated heterocycles. The van der Waals surface area contributed by atoms with Gasteiger partial charge in [0, 0.05) is 6.42 Å². The van der Waals surface area contributed by atoms with Gasteiger partial charge in [0.05, 0.1) is 27.2 Å². The minimum absolute atomic E-state index is 0.834. The summed E-state index contributed by atoms with van der Waals surface area (Å²) in [4.78, 5) is 0. The fourth-order valence-electron chi connectivity index (χ4n) is 3.72. The maximum Gasteiger partial charge on any atom is 0.0794 e. The van der Waals surface area contributed by atoms with Crippen molar-refractivity contribution in [2.75, 3.05) is 33.7 Å². The van der Waals surface area contributed by atoms with Crippen molar-refractivity contribution >= 4 is 0 Å². The molecule has 0 aliphatic carbocycles. The Balaban J connectivity index is 3.14. The van der Waals surface area contributed by atoms with E-state index in [1.807, 2.05) is 0 Å². The second kappa shape index (κ2) is 18.7. The Morgan fingerprint density at radius 1 is 0.480 bits per heavy atom. The van der Waals surface area contributed by atoms with Gasteiger partial charge in [-0.05, 0) is 19.4 Å². The lowest BCUT2D eigenvalue weighted by Gasteiger charge is -2.29. The van der Waals surface area contributed by atoms with Crippen LogP contribution in [0, 0.1) is 0 Å². The van der Waals surface area contributed by atoms with Crippen LogP contribution in [-0.2, 0) is 0 Å². The summed E-state index contributed by atoms with van der Waals surface area (Å²) in [6.45, 7) is 5.68. The van der Waals surface area contributed by atoms with Crippen LogP contribution in [0.3, 0.4) is 0 Å². The van der Waals surface area contributed by atoms with Crippen molar-refractivity contribution in [2.45, 2.75) is 116 Å². The average Bonchev–Trinajstić information content (AvgIpc) is 2.59. The van der Waals surface area contributed by atoms with Gasteiger partial charge in [0.25, 0.3) is 0 Å². The molecule has 0 bridgehead atoms. The van der Waals surface area contributed by atoms with Crippen molar-refractivity contribution in [2.24, 2.45) is 5.73 Å². The van der Waals surface area contributed by atoms with Crippen LogP contribution >= 0.6 is 0 Å². The quantitative estimate of drug-likeness (QED) is 0.191. The third-order valence-corrected chi connectivity index (χ3v) is 5.58. The molecule has 0 fully saturated rings. The maximum absolute atomic E-state index is 5.62. The second-order valence-electron chi connectivity index (χ2n) is 8.83. The SMILES string of the molecule is CCCCCCCCCCCCCCCCCC[N+](C)(C)CCCN. The molecule has 152 valence electrons. The molecule has 25 heavy (non-hydrogen) atoms. The fourth-order valence-corrected chi connectivity index (χ4v) is 3.72. The lowest BCUT2D eigenvalue weighted by atomic mass is 10.0. The topological polar surface area (TPSA) is 26.0 Å².